The Morgan fingerprint density at radius 3 is 2.62 bits per heavy atom. The van der Waals surface area contributed by atoms with Crippen molar-refractivity contribution in [3.05, 3.63) is 42.0 Å². The minimum Gasteiger partial charge on any atom is -0.422 e. The number of ether oxygens (including phenoxy) is 1. The lowest BCUT2D eigenvalue weighted by molar-refractivity contribution is -0.136. The molecule has 29 heavy (non-hydrogen) atoms. The Bertz CT molecular complexity index is 1170. The number of methoxy groups -OCH3 is 1. The summed E-state index contributed by atoms with van der Waals surface area (Å²) < 4.78 is 67.7. The van der Waals surface area contributed by atoms with Gasteiger partial charge in [-0.1, -0.05) is 0 Å². The van der Waals surface area contributed by atoms with Crippen LogP contribution < -0.4 is 0 Å². The van der Waals surface area contributed by atoms with E-state index in [2.05, 4.69) is 20.2 Å². The second-order valence-corrected chi connectivity index (χ2v) is 6.66. The number of aromatic nitrogens is 5. The fourth-order valence-electron chi connectivity index (χ4n) is 3.04. The molecule has 0 aromatic carbocycles. The van der Waals surface area contributed by atoms with Crippen LogP contribution in [0.15, 0.2) is 35.2 Å². The topological polar surface area (TPSA) is 78.3 Å². The van der Waals surface area contributed by atoms with Crippen LogP contribution in [-0.2, 0) is 16.6 Å². The second-order valence-electron chi connectivity index (χ2n) is 6.66. The minimum atomic E-state index is -4.70. The molecule has 4 aromatic rings. The average molecular weight is 409 g/mol. The van der Waals surface area contributed by atoms with Crippen LogP contribution in [0.2, 0.25) is 0 Å². The van der Waals surface area contributed by atoms with Crippen LogP contribution in [0.3, 0.4) is 0 Å². The van der Waals surface area contributed by atoms with Crippen LogP contribution in [0.25, 0.3) is 28.3 Å². The van der Waals surface area contributed by atoms with E-state index in [1.165, 1.54) is 36.8 Å². The number of pyridine rings is 2. The predicted molar refractivity (Wildman–Crippen MR) is 93.7 cm³/mol. The normalized spacial score (nSPS) is 14.6. The van der Waals surface area contributed by atoms with Crippen LogP contribution in [0.1, 0.15) is 24.6 Å². The summed E-state index contributed by atoms with van der Waals surface area (Å²) in [5, 5.41) is 7.13. The lowest BCUT2D eigenvalue weighted by Gasteiger charge is -2.22. The van der Waals surface area contributed by atoms with Crippen LogP contribution >= 0.6 is 0 Å². The number of alkyl halides is 4. The van der Waals surface area contributed by atoms with Crippen molar-refractivity contribution in [3.63, 3.8) is 0 Å². The van der Waals surface area contributed by atoms with Crippen LogP contribution in [0.4, 0.5) is 17.6 Å². The third-order valence-corrected chi connectivity index (χ3v) is 4.59. The van der Waals surface area contributed by atoms with Gasteiger partial charge in [0.2, 0.25) is 6.39 Å². The first-order valence-electron chi connectivity index (χ1n) is 8.55. The summed E-state index contributed by atoms with van der Waals surface area (Å²) in [6.45, 7) is 1.21. The van der Waals surface area contributed by atoms with Gasteiger partial charge in [-0.2, -0.15) is 13.2 Å². The molecule has 152 valence electrons. The SMILES string of the molecule is COCCC(C)(F)c1cc(C(F)(F)F)c2ccc3nc(-c4nnco4)cn3c2n1. The zero-order valence-electron chi connectivity index (χ0n) is 15.4. The van der Waals surface area contributed by atoms with Crippen molar-refractivity contribution < 1.29 is 26.7 Å². The summed E-state index contributed by atoms with van der Waals surface area (Å²) >= 11 is 0. The monoisotopic (exact) mass is 409 g/mol. The molecule has 7 nitrogen and oxygen atoms in total. The molecule has 4 rings (SSSR count). The van der Waals surface area contributed by atoms with Crippen molar-refractivity contribution >= 4 is 16.7 Å². The first-order chi connectivity index (χ1) is 13.7. The molecule has 11 heteroatoms. The molecule has 0 amide bonds. The van der Waals surface area contributed by atoms with Gasteiger partial charge in [0.1, 0.15) is 17.0 Å². The highest BCUT2D eigenvalue weighted by molar-refractivity contribution is 5.83. The van der Waals surface area contributed by atoms with E-state index in [1.54, 1.807) is 0 Å². The molecule has 0 aliphatic carbocycles. The van der Waals surface area contributed by atoms with Crippen molar-refractivity contribution in [2.45, 2.75) is 25.2 Å². The van der Waals surface area contributed by atoms with Gasteiger partial charge in [0, 0.05) is 31.7 Å². The molecular formula is C18H15F4N5O2. The summed E-state index contributed by atoms with van der Waals surface area (Å²) in [5.41, 5.74) is -2.95. The van der Waals surface area contributed by atoms with E-state index in [1.807, 2.05) is 0 Å². The lowest BCUT2D eigenvalue weighted by Crippen LogP contribution is -2.21. The molecule has 0 radical (unpaired) electrons. The summed E-state index contributed by atoms with van der Waals surface area (Å²) in [7, 11) is 1.39. The maximum Gasteiger partial charge on any atom is 0.417 e. The molecule has 0 spiro atoms. The van der Waals surface area contributed by atoms with Crippen molar-refractivity contribution in [2.24, 2.45) is 0 Å². The van der Waals surface area contributed by atoms with Gasteiger partial charge < -0.3 is 9.15 Å². The smallest absolute Gasteiger partial charge is 0.417 e. The van der Waals surface area contributed by atoms with Gasteiger partial charge in [-0.3, -0.25) is 4.40 Å². The molecule has 1 atom stereocenters. The second kappa shape index (κ2) is 6.76. The molecule has 0 aliphatic heterocycles. The highest BCUT2D eigenvalue weighted by atomic mass is 19.4. The van der Waals surface area contributed by atoms with Gasteiger partial charge in [-0.15, -0.1) is 10.2 Å². The number of imidazole rings is 1. The first kappa shape index (κ1) is 19.2. The van der Waals surface area contributed by atoms with E-state index >= 15 is 4.39 Å². The first-order valence-corrected chi connectivity index (χ1v) is 8.55. The largest absolute Gasteiger partial charge is 0.422 e. The van der Waals surface area contributed by atoms with E-state index in [9.17, 15) is 13.2 Å². The Morgan fingerprint density at radius 2 is 1.97 bits per heavy atom. The van der Waals surface area contributed by atoms with Gasteiger partial charge in [-0.05, 0) is 25.1 Å². The van der Waals surface area contributed by atoms with E-state index in [-0.39, 0.29) is 41.3 Å². The maximum atomic E-state index is 15.2. The standard InChI is InChI=1S/C18H15F4N5O2/c1-17(19,5-6-28-2)13-7-11(18(20,21)22)10-3-4-14-24-12(16-26-23-9-29-16)8-27(14)15(10)25-13/h3-4,7-9H,5-6H2,1-2H3. The zero-order valence-corrected chi connectivity index (χ0v) is 15.4. The fraction of sp³-hybridized carbons (Fsp3) is 0.333. The average Bonchev–Trinajstić information content (AvgIpc) is 3.33. The summed E-state index contributed by atoms with van der Waals surface area (Å²) in [6, 6.07) is 3.43. The van der Waals surface area contributed by atoms with Gasteiger partial charge in [-0.25, -0.2) is 14.4 Å². The lowest BCUT2D eigenvalue weighted by atomic mass is 9.97. The summed E-state index contributed by atoms with van der Waals surface area (Å²) in [6.07, 6.45) is -2.31. The zero-order chi connectivity index (χ0) is 20.8. The summed E-state index contributed by atoms with van der Waals surface area (Å²) in [4.78, 5) is 8.49. The van der Waals surface area contributed by atoms with Gasteiger partial charge >= 0.3 is 6.18 Å². The van der Waals surface area contributed by atoms with E-state index in [0.717, 1.165) is 12.5 Å². The highest BCUT2D eigenvalue weighted by Gasteiger charge is 2.37. The molecular weight excluding hydrogens is 394 g/mol. The van der Waals surface area contributed by atoms with E-state index in [0.29, 0.717) is 5.65 Å². The minimum absolute atomic E-state index is 0.0324. The maximum absolute atomic E-state index is 15.2. The number of fused-ring (bicyclic) bond motifs is 3. The van der Waals surface area contributed by atoms with Crippen molar-refractivity contribution in [3.8, 4) is 11.6 Å². The molecule has 0 aliphatic rings. The Morgan fingerprint density at radius 1 is 1.17 bits per heavy atom. The molecule has 1 unspecified atom stereocenters. The van der Waals surface area contributed by atoms with Crippen LogP contribution in [-0.4, -0.2) is 38.3 Å². The number of hydrogen-bond acceptors (Lipinski definition) is 6. The Kier molecular flexibility index (Phi) is 4.49. The Hall–Kier alpha value is -3.08. The van der Waals surface area contributed by atoms with Crippen LogP contribution in [0.5, 0.6) is 0 Å². The molecule has 0 saturated carbocycles. The quantitative estimate of drug-likeness (QED) is 0.461. The molecule has 0 saturated heterocycles. The van der Waals surface area contributed by atoms with Crippen LogP contribution in [0, 0.1) is 0 Å². The third-order valence-electron chi connectivity index (χ3n) is 4.59. The molecule has 0 N–H and O–H groups in total. The molecule has 0 fully saturated rings. The molecule has 4 heterocycles. The predicted octanol–water partition coefficient (Wildman–Crippen LogP) is 4.17. The number of rotatable bonds is 5. The van der Waals surface area contributed by atoms with E-state index < -0.39 is 17.4 Å². The highest BCUT2D eigenvalue weighted by Crippen LogP contribution is 2.38. The van der Waals surface area contributed by atoms with Crippen molar-refractivity contribution in [1.29, 1.82) is 0 Å². The number of hydrogen-bond donors (Lipinski definition) is 0. The number of nitrogens with zero attached hydrogens (tertiary/aromatic N) is 5. The van der Waals surface area contributed by atoms with E-state index in [4.69, 9.17) is 9.15 Å². The summed E-state index contributed by atoms with van der Waals surface area (Å²) in [5.74, 6) is 0.101. The van der Waals surface area contributed by atoms with Gasteiger partial charge in [0.05, 0.1) is 11.3 Å². The third kappa shape index (κ3) is 3.41. The fourth-order valence-corrected chi connectivity index (χ4v) is 3.04. The van der Waals surface area contributed by atoms with Gasteiger partial charge in [0.25, 0.3) is 5.89 Å². The van der Waals surface area contributed by atoms with Crippen molar-refractivity contribution in [2.75, 3.05) is 13.7 Å². The molecule has 0 bridgehead atoms. The van der Waals surface area contributed by atoms with Gasteiger partial charge in [0.15, 0.2) is 5.67 Å². The Balaban J connectivity index is 2.00. The molecule has 4 aromatic heterocycles. The Labute approximate surface area is 161 Å². The van der Waals surface area contributed by atoms with Crippen molar-refractivity contribution in [1.82, 2.24) is 24.6 Å². The number of halogens is 4.